The average molecular weight is 318 g/mol. The van der Waals surface area contributed by atoms with Gasteiger partial charge in [-0.25, -0.2) is 14.2 Å². The van der Waals surface area contributed by atoms with E-state index in [2.05, 4.69) is 4.98 Å². The molecule has 1 atom stereocenters. The lowest BCUT2D eigenvalue weighted by atomic mass is 10.1. The molecule has 2 aromatic heterocycles. The molecule has 3 aromatic rings. The lowest BCUT2D eigenvalue weighted by Crippen LogP contribution is -2.37. The van der Waals surface area contributed by atoms with Crippen LogP contribution < -0.4 is 11.2 Å². The number of nitrogens with zero attached hydrogens (tertiary/aromatic N) is 4. The van der Waals surface area contributed by atoms with E-state index in [0.717, 1.165) is 4.57 Å². The zero-order valence-electron chi connectivity index (χ0n) is 12.6. The molecule has 7 nitrogen and oxygen atoms in total. The summed E-state index contributed by atoms with van der Waals surface area (Å²) in [5, 5.41) is 10.3. The number of imidazole rings is 1. The quantitative estimate of drug-likeness (QED) is 0.753. The van der Waals surface area contributed by atoms with Gasteiger partial charge in [-0.1, -0.05) is 12.1 Å². The smallest absolute Gasteiger partial charge is 0.332 e. The third kappa shape index (κ3) is 2.46. The Hall–Kier alpha value is -2.74. The van der Waals surface area contributed by atoms with Gasteiger partial charge in [0.15, 0.2) is 11.2 Å². The molecular formula is C15H15FN4O3. The van der Waals surface area contributed by atoms with Gasteiger partial charge in [0.05, 0.1) is 19.0 Å². The van der Waals surface area contributed by atoms with Crippen molar-refractivity contribution in [2.75, 3.05) is 0 Å². The summed E-state index contributed by atoms with van der Waals surface area (Å²) in [7, 11) is 2.91. The number of fused-ring (bicyclic) bond motifs is 1. The van der Waals surface area contributed by atoms with E-state index < -0.39 is 23.2 Å². The molecule has 0 aliphatic rings. The van der Waals surface area contributed by atoms with E-state index in [0.29, 0.717) is 5.56 Å². The molecule has 2 heterocycles. The van der Waals surface area contributed by atoms with Gasteiger partial charge in [0, 0.05) is 14.1 Å². The fourth-order valence-electron chi connectivity index (χ4n) is 2.51. The van der Waals surface area contributed by atoms with Gasteiger partial charge < -0.3 is 9.67 Å². The van der Waals surface area contributed by atoms with Gasteiger partial charge in [0.25, 0.3) is 5.56 Å². The van der Waals surface area contributed by atoms with Crippen LogP contribution in [0.15, 0.2) is 40.2 Å². The van der Waals surface area contributed by atoms with Crippen molar-refractivity contribution < 1.29 is 9.50 Å². The Morgan fingerprint density at radius 2 is 1.83 bits per heavy atom. The van der Waals surface area contributed by atoms with E-state index in [9.17, 15) is 19.1 Å². The molecule has 120 valence electrons. The van der Waals surface area contributed by atoms with Crippen molar-refractivity contribution in [3.63, 3.8) is 0 Å². The second-order valence-corrected chi connectivity index (χ2v) is 5.34. The van der Waals surface area contributed by atoms with Crippen LogP contribution in [0.4, 0.5) is 4.39 Å². The molecule has 0 fully saturated rings. The highest BCUT2D eigenvalue weighted by atomic mass is 19.1. The number of aromatic nitrogens is 4. The number of hydrogen-bond donors (Lipinski definition) is 1. The second kappa shape index (κ2) is 5.47. The van der Waals surface area contributed by atoms with Crippen LogP contribution in [0.2, 0.25) is 0 Å². The zero-order valence-corrected chi connectivity index (χ0v) is 12.6. The van der Waals surface area contributed by atoms with Gasteiger partial charge in [-0.15, -0.1) is 0 Å². The van der Waals surface area contributed by atoms with Gasteiger partial charge in [-0.3, -0.25) is 13.9 Å². The van der Waals surface area contributed by atoms with Crippen LogP contribution in [0.1, 0.15) is 11.7 Å². The summed E-state index contributed by atoms with van der Waals surface area (Å²) in [4.78, 5) is 28.3. The second-order valence-electron chi connectivity index (χ2n) is 5.34. The van der Waals surface area contributed by atoms with Crippen LogP contribution in [-0.2, 0) is 20.6 Å². The number of benzene rings is 1. The summed E-state index contributed by atoms with van der Waals surface area (Å²) >= 11 is 0. The minimum atomic E-state index is -0.935. The molecule has 0 amide bonds. The number of aryl methyl sites for hydroxylation is 1. The van der Waals surface area contributed by atoms with Crippen molar-refractivity contribution in [3.05, 3.63) is 62.8 Å². The number of halogens is 1. The molecule has 0 spiro atoms. The SMILES string of the molecule is Cn1c(=O)c2c(ncn2C[C@@H](O)c2ccc(F)cc2)n(C)c1=O. The van der Waals surface area contributed by atoms with Crippen molar-refractivity contribution in [1.82, 2.24) is 18.7 Å². The summed E-state index contributed by atoms with van der Waals surface area (Å²) < 4.78 is 16.7. The van der Waals surface area contributed by atoms with Gasteiger partial charge >= 0.3 is 5.69 Å². The fourth-order valence-corrected chi connectivity index (χ4v) is 2.51. The summed E-state index contributed by atoms with van der Waals surface area (Å²) in [6, 6.07) is 5.47. The predicted octanol–water partition coefficient (Wildman–Crippen LogP) is 0.306. The Morgan fingerprint density at radius 3 is 2.48 bits per heavy atom. The molecule has 3 rings (SSSR count). The highest BCUT2D eigenvalue weighted by Crippen LogP contribution is 2.17. The Kier molecular flexibility index (Phi) is 3.61. The molecule has 0 aliphatic carbocycles. The maximum atomic E-state index is 12.9. The van der Waals surface area contributed by atoms with Crippen LogP contribution in [0.3, 0.4) is 0 Å². The van der Waals surface area contributed by atoms with E-state index in [1.165, 1.54) is 53.8 Å². The highest BCUT2D eigenvalue weighted by molar-refractivity contribution is 5.69. The average Bonchev–Trinajstić information content (AvgIpc) is 2.95. The van der Waals surface area contributed by atoms with Crippen molar-refractivity contribution in [3.8, 4) is 0 Å². The van der Waals surface area contributed by atoms with Gasteiger partial charge in [0.1, 0.15) is 5.82 Å². The van der Waals surface area contributed by atoms with Crippen molar-refractivity contribution in [2.45, 2.75) is 12.6 Å². The third-order valence-electron chi connectivity index (χ3n) is 3.84. The van der Waals surface area contributed by atoms with Crippen molar-refractivity contribution in [1.29, 1.82) is 0 Å². The summed E-state index contributed by atoms with van der Waals surface area (Å²) in [5.41, 5.74) is 0.0637. The molecule has 0 radical (unpaired) electrons. The monoisotopic (exact) mass is 318 g/mol. The number of aliphatic hydroxyl groups excluding tert-OH is 1. The van der Waals surface area contributed by atoms with E-state index in [1.807, 2.05) is 0 Å². The van der Waals surface area contributed by atoms with Crippen molar-refractivity contribution in [2.24, 2.45) is 14.1 Å². The van der Waals surface area contributed by atoms with E-state index in [4.69, 9.17) is 0 Å². The van der Waals surface area contributed by atoms with Crippen LogP contribution in [0, 0.1) is 5.82 Å². The highest BCUT2D eigenvalue weighted by Gasteiger charge is 2.17. The maximum Gasteiger partial charge on any atom is 0.332 e. The molecule has 1 N–H and O–H groups in total. The van der Waals surface area contributed by atoms with Gasteiger partial charge in [0.2, 0.25) is 0 Å². The molecule has 1 aromatic carbocycles. The van der Waals surface area contributed by atoms with Gasteiger partial charge in [-0.05, 0) is 17.7 Å². The Balaban J connectivity index is 2.06. The van der Waals surface area contributed by atoms with Gasteiger partial charge in [-0.2, -0.15) is 0 Å². The third-order valence-corrected chi connectivity index (χ3v) is 3.84. The molecule has 0 aliphatic heterocycles. The van der Waals surface area contributed by atoms with Crippen LogP contribution in [-0.4, -0.2) is 23.8 Å². The normalized spacial score (nSPS) is 12.7. The van der Waals surface area contributed by atoms with E-state index in [1.54, 1.807) is 0 Å². The van der Waals surface area contributed by atoms with E-state index in [-0.39, 0.29) is 17.7 Å². The summed E-state index contributed by atoms with van der Waals surface area (Å²) in [5.74, 6) is -0.391. The maximum absolute atomic E-state index is 12.9. The first kappa shape index (κ1) is 15.2. The molecule has 8 heteroatoms. The zero-order chi connectivity index (χ0) is 16.7. The summed E-state index contributed by atoms with van der Waals surface area (Å²) in [6.45, 7) is 0.0651. The predicted molar refractivity (Wildman–Crippen MR) is 81.6 cm³/mol. The number of rotatable bonds is 3. The largest absolute Gasteiger partial charge is 0.387 e. The lowest BCUT2D eigenvalue weighted by Gasteiger charge is -2.12. The molecule has 0 unspecified atom stereocenters. The number of hydrogen-bond acceptors (Lipinski definition) is 4. The molecular weight excluding hydrogens is 303 g/mol. The molecule has 23 heavy (non-hydrogen) atoms. The minimum absolute atomic E-state index is 0.0651. The Bertz CT molecular complexity index is 985. The first-order valence-electron chi connectivity index (χ1n) is 6.94. The Morgan fingerprint density at radius 1 is 1.17 bits per heavy atom. The van der Waals surface area contributed by atoms with Crippen LogP contribution in [0.5, 0.6) is 0 Å². The van der Waals surface area contributed by atoms with Crippen molar-refractivity contribution >= 4 is 11.2 Å². The lowest BCUT2D eigenvalue weighted by molar-refractivity contribution is 0.157. The summed E-state index contributed by atoms with van der Waals surface area (Å²) in [6.07, 6.45) is 0.466. The topological polar surface area (TPSA) is 82.0 Å². The minimum Gasteiger partial charge on any atom is -0.387 e. The van der Waals surface area contributed by atoms with Crippen LogP contribution in [0.25, 0.3) is 11.2 Å². The first-order chi connectivity index (χ1) is 10.9. The molecule has 0 saturated carbocycles. The number of aliphatic hydroxyl groups is 1. The van der Waals surface area contributed by atoms with E-state index >= 15 is 0 Å². The fraction of sp³-hybridized carbons (Fsp3) is 0.267. The molecule has 0 saturated heterocycles. The van der Waals surface area contributed by atoms with Crippen LogP contribution >= 0.6 is 0 Å². The standard InChI is InChI=1S/C15H15FN4O3/c1-18-13-12(14(22)19(2)15(18)23)20(8-17-13)7-11(21)9-3-5-10(16)6-4-9/h3-6,8,11,21H,7H2,1-2H3/t11-/m1/s1. The first-order valence-corrected chi connectivity index (χ1v) is 6.94. The molecule has 0 bridgehead atoms. The Labute approximate surface area is 129 Å².